The van der Waals surface area contributed by atoms with Gasteiger partial charge in [-0.2, -0.15) is 0 Å². The van der Waals surface area contributed by atoms with Gasteiger partial charge in [0.25, 0.3) is 0 Å². The molecule has 1 unspecified atom stereocenters. The molecule has 1 aromatic rings. The fraction of sp³-hybridized carbons (Fsp3) is 0.727. The molecule has 1 heterocycles. The number of nitrogens with two attached hydrogens (primary N) is 1. The highest BCUT2D eigenvalue weighted by Crippen LogP contribution is 2.17. The van der Waals surface area contributed by atoms with E-state index in [2.05, 4.69) is 37.7 Å². The minimum Gasteiger partial charge on any atom is -0.345 e. The van der Waals surface area contributed by atoms with Gasteiger partial charge in [0.05, 0.1) is 5.69 Å². The molecule has 3 heteroatoms. The van der Waals surface area contributed by atoms with Gasteiger partial charge >= 0.3 is 0 Å². The molecule has 0 spiro atoms. The first kappa shape index (κ1) is 11.2. The van der Waals surface area contributed by atoms with Crippen molar-refractivity contribution in [3.8, 4) is 0 Å². The maximum atomic E-state index is 6.01. The summed E-state index contributed by atoms with van der Waals surface area (Å²) in [6.07, 6.45) is 2.85. The highest BCUT2D eigenvalue weighted by Gasteiger charge is 2.13. The van der Waals surface area contributed by atoms with Crippen molar-refractivity contribution in [3.05, 3.63) is 17.7 Å². The van der Waals surface area contributed by atoms with E-state index in [1.807, 2.05) is 6.20 Å². The van der Waals surface area contributed by atoms with Gasteiger partial charge in [-0.25, -0.2) is 4.98 Å². The summed E-state index contributed by atoms with van der Waals surface area (Å²) in [5.74, 6) is 2.12. The highest BCUT2D eigenvalue weighted by atomic mass is 14.9. The number of imidazole rings is 1. The van der Waals surface area contributed by atoms with Gasteiger partial charge in [0.1, 0.15) is 5.82 Å². The Morgan fingerprint density at radius 3 is 2.50 bits per heavy atom. The minimum absolute atomic E-state index is 0.0726. The van der Waals surface area contributed by atoms with Gasteiger partial charge in [-0.05, 0) is 11.8 Å². The molecule has 0 aliphatic rings. The van der Waals surface area contributed by atoms with Gasteiger partial charge in [-0.15, -0.1) is 0 Å². The van der Waals surface area contributed by atoms with Crippen molar-refractivity contribution in [3.63, 3.8) is 0 Å². The zero-order valence-corrected chi connectivity index (χ0v) is 9.54. The summed E-state index contributed by atoms with van der Waals surface area (Å²) < 4.78 is 0. The molecule has 1 atom stereocenters. The Labute approximate surface area is 86.1 Å². The molecule has 1 aromatic heterocycles. The molecular formula is C11H21N3. The van der Waals surface area contributed by atoms with Crippen molar-refractivity contribution < 1.29 is 0 Å². The SMILES string of the molecule is CC(C)Cc1ncc(C(N)C(C)C)[nH]1. The topological polar surface area (TPSA) is 54.7 Å². The molecule has 80 valence electrons. The van der Waals surface area contributed by atoms with Crippen LogP contribution in [0.5, 0.6) is 0 Å². The van der Waals surface area contributed by atoms with E-state index in [-0.39, 0.29) is 6.04 Å². The van der Waals surface area contributed by atoms with Crippen molar-refractivity contribution in [2.45, 2.75) is 40.2 Å². The Balaban J connectivity index is 2.67. The molecule has 3 nitrogen and oxygen atoms in total. The van der Waals surface area contributed by atoms with Crippen LogP contribution in [0.1, 0.15) is 45.3 Å². The largest absolute Gasteiger partial charge is 0.345 e. The molecule has 0 radical (unpaired) electrons. The Bertz CT molecular complexity index is 276. The number of rotatable bonds is 4. The lowest BCUT2D eigenvalue weighted by molar-refractivity contribution is 0.503. The van der Waals surface area contributed by atoms with Crippen molar-refractivity contribution in [1.82, 2.24) is 9.97 Å². The van der Waals surface area contributed by atoms with E-state index in [1.54, 1.807) is 0 Å². The van der Waals surface area contributed by atoms with Crippen LogP contribution in [0.3, 0.4) is 0 Å². The molecule has 0 amide bonds. The zero-order chi connectivity index (χ0) is 10.7. The Morgan fingerprint density at radius 2 is 2.00 bits per heavy atom. The van der Waals surface area contributed by atoms with Crippen molar-refractivity contribution >= 4 is 0 Å². The molecule has 14 heavy (non-hydrogen) atoms. The fourth-order valence-corrected chi connectivity index (χ4v) is 1.40. The third kappa shape index (κ3) is 2.84. The Hall–Kier alpha value is -0.830. The lowest BCUT2D eigenvalue weighted by Gasteiger charge is -2.12. The number of aromatic amines is 1. The van der Waals surface area contributed by atoms with Crippen molar-refractivity contribution in [2.75, 3.05) is 0 Å². The van der Waals surface area contributed by atoms with Crippen molar-refractivity contribution in [2.24, 2.45) is 17.6 Å². The van der Waals surface area contributed by atoms with Gasteiger partial charge in [0, 0.05) is 18.7 Å². The molecule has 0 aliphatic carbocycles. The smallest absolute Gasteiger partial charge is 0.106 e. The predicted octanol–water partition coefficient (Wildman–Crippen LogP) is 2.26. The average molecular weight is 195 g/mol. The zero-order valence-electron chi connectivity index (χ0n) is 9.54. The molecule has 0 bridgehead atoms. The number of H-pyrrole nitrogens is 1. The van der Waals surface area contributed by atoms with Gasteiger partial charge in [0.2, 0.25) is 0 Å². The van der Waals surface area contributed by atoms with Gasteiger partial charge < -0.3 is 10.7 Å². The van der Waals surface area contributed by atoms with Crippen LogP contribution in [0.2, 0.25) is 0 Å². The minimum atomic E-state index is 0.0726. The molecule has 0 saturated carbocycles. The van der Waals surface area contributed by atoms with Crippen LogP contribution in [-0.4, -0.2) is 9.97 Å². The molecule has 1 rings (SSSR count). The second kappa shape index (κ2) is 4.60. The van der Waals surface area contributed by atoms with Crippen LogP contribution >= 0.6 is 0 Å². The lowest BCUT2D eigenvalue weighted by atomic mass is 10.0. The number of hydrogen-bond acceptors (Lipinski definition) is 2. The summed E-state index contributed by atoms with van der Waals surface area (Å²) in [6, 6.07) is 0.0726. The summed E-state index contributed by atoms with van der Waals surface area (Å²) >= 11 is 0. The summed E-state index contributed by atoms with van der Waals surface area (Å²) in [6.45, 7) is 8.61. The maximum absolute atomic E-state index is 6.01. The third-order valence-corrected chi connectivity index (χ3v) is 2.33. The van der Waals surface area contributed by atoms with E-state index in [1.165, 1.54) is 0 Å². The van der Waals surface area contributed by atoms with Crippen LogP contribution in [0.25, 0.3) is 0 Å². The third-order valence-electron chi connectivity index (χ3n) is 2.33. The summed E-state index contributed by atoms with van der Waals surface area (Å²) in [4.78, 5) is 7.61. The summed E-state index contributed by atoms with van der Waals surface area (Å²) in [5.41, 5.74) is 7.06. The number of nitrogens with zero attached hydrogens (tertiary/aromatic N) is 1. The van der Waals surface area contributed by atoms with Crippen molar-refractivity contribution in [1.29, 1.82) is 0 Å². The maximum Gasteiger partial charge on any atom is 0.106 e. The van der Waals surface area contributed by atoms with Crippen LogP contribution in [0.4, 0.5) is 0 Å². The van der Waals surface area contributed by atoms with Crippen LogP contribution in [0, 0.1) is 11.8 Å². The fourth-order valence-electron chi connectivity index (χ4n) is 1.40. The van der Waals surface area contributed by atoms with Gasteiger partial charge in [0.15, 0.2) is 0 Å². The summed E-state index contributed by atoms with van der Waals surface area (Å²) in [5, 5.41) is 0. The van der Waals surface area contributed by atoms with E-state index in [9.17, 15) is 0 Å². The normalized spacial score (nSPS) is 13.9. The molecular weight excluding hydrogens is 174 g/mol. The first-order chi connectivity index (χ1) is 6.50. The van der Waals surface area contributed by atoms with E-state index >= 15 is 0 Å². The molecule has 0 fully saturated rings. The first-order valence-electron chi connectivity index (χ1n) is 5.30. The van der Waals surface area contributed by atoms with E-state index in [0.717, 1.165) is 17.9 Å². The Kier molecular flexibility index (Phi) is 3.69. The quantitative estimate of drug-likeness (QED) is 0.774. The van der Waals surface area contributed by atoms with Crippen LogP contribution < -0.4 is 5.73 Å². The van der Waals surface area contributed by atoms with E-state index < -0.39 is 0 Å². The standard InChI is InChI=1S/C11H21N3/c1-7(2)5-10-13-6-9(14-10)11(12)8(3)4/h6-8,11H,5,12H2,1-4H3,(H,13,14). The lowest BCUT2D eigenvalue weighted by Crippen LogP contribution is -2.17. The van der Waals surface area contributed by atoms with Crippen LogP contribution in [-0.2, 0) is 6.42 Å². The van der Waals surface area contributed by atoms with E-state index in [4.69, 9.17) is 5.73 Å². The molecule has 0 aliphatic heterocycles. The number of aromatic nitrogens is 2. The average Bonchev–Trinajstić information content (AvgIpc) is 2.50. The van der Waals surface area contributed by atoms with E-state index in [0.29, 0.717) is 11.8 Å². The first-order valence-corrected chi connectivity index (χ1v) is 5.30. The molecule has 0 aromatic carbocycles. The van der Waals surface area contributed by atoms with Crippen LogP contribution in [0.15, 0.2) is 6.20 Å². The van der Waals surface area contributed by atoms with Gasteiger partial charge in [-0.1, -0.05) is 27.7 Å². The second-order valence-corrected chi connectivity index (χ2v) is 4.65. The molecule has 0 saturated heterocycles. The number of hydrogen-bond donors (Lipinski definition) is 2. The number of nitrogens with one attached hydrogen (secondary N) is 1. The highest BCUT2D eigenvalue weighted by molar-refractivity contribution is 5.07. The monoisotopic (exact) mass is 195 g/mol. The summed E-state index contributed by atoms with van der Waals surface area (Å²) in [7, 11) is 0. The molecule has 3 N–H and O–H groups in total. The second-order valence-electron chi connectivity index (χ2n) is 4.65. The Morgan fingerprint density at radius 1 is 1.36 bits per heavy atom. The van der Waals surface area contributed by atoms with Gasteiger partial charge in [-0.3, -0.25) is 0 Å². The predicted molar refractivity (Wildman–Crippen MR) is 58.9 cm³/mol.